The summed E-state index contributed by atoms with van der Waals surface area (Å²) in [4.78, 5) is 37.7. The largest absolute Gasteiger partial charge is 0.491 e. The summed E-state index contributed by atoms with van der Waals surface area (Å²) in [5.41, 5.74) is 0.562. The quantitative estimate of drug-likeness (QED) is 0.664. The van der Waals surface area contributed by atoms with E-state index in [9.17, 15) is 18.8 Å². The van der Waals surface area contributed by atoms with Crippen LogP contribution in [0.1, 0.15) is 19.4 Å². The molecule has 3 rings (SSSR count). The highest BCUT2D eigenvalue weighted by Crippen LogP contribution is 2.23. The van der Waals surface area contributed by atoms with Gasteiger partial charge in [-0.05, 0) is 61.9 Å². The second kappa shape index (κ2) is 7.41. The Morgan fingerprint density at radius 2 is 1.63 bits per heavy atom. The highest BCUT2D eigenvalue weighted by atomic mass is 19.1. The Labute approximate surface area is 155 Å². The Balaban J connectivity index is 1.90. The number of rotatable bonds is 4. The number of amides is 4. The third-order valence-corrected chi connectivity index (χ3v) is 3.75. The Bertz CT molecular complexity index is 918. The van der Waals surface area contributed by atoms with Crippen molar-refractivity contribution in [2.75, 3.05) is 4.90 Å². The molecule has 2 aromatic rings. The number of nitrogens with one attached hydrogen (secondary N) is 1. The molecule has 0 aromatic heterocycles. The van der Waals surface area contributed by atoms with E-state index in [2.05, 4.69) is 5.32 Å². The third kappa shape index (κ3) is 4.03. The number of anilines is 1. The standard InChI is InChI=1S/C20H17FN2O4/c1-12(2)27-16-9-3-13(4-10-16)11-17-18(24)22-20(26)23(19(17)25)15-7-5-14(21)6-8-15/h3-12H,1-2H3,(H,22,24,26)/b17-11+. The van der Waals surface area contributed by atoms with E-state index < -0.39 is 23.7 Å². The van der Waals surface area contributed by atoms with E-state index in [1.165, 1.54) is 18.2 Å². The van der Waals surface area contributed by atoms with Crippen molar-refractivity contribution < 1.29 is 23.5 Å². The SMILES string of the molecule is CC(C)Oc1ccc(/C=C2\C(=O)NC(=O)N(c3ccc(F)cc3)C2=O)cc1. The maximum absolute atomic E-state index is 13.1. The molecular formula is C20H17FN2O4. The highest BCUT2D eigenvalue weighted by Gasteiger charge is 2.36. The molecule has 0 saturated carbocycles. The van der Waals surface area contributed by atoms with E-state index in [1.54, 1.807) is 24.3 Å². The topological polar surface area (TPSA) is 75.7 Å². The molecule has 1 heterocycles. The molecule has 27 heavy (non-hydrogen) atoms. The van der Waals surface area contributed by atoms with Crippen LogP contribution in [0.4, 0.5) is 14.9 Å². The molecule has 138 valence electrons. The zero-order valence-electron chi connectivity index (χ0n) is 14.7. The van der Waals surface area contributed by atoms with Crippen molar-refractivity contribution in [3.8, 4) is 5.75 Å². The molecule has 7 heteroatoms. The molecule has 0 bridgehead atoms. The summed E-state index contributed by atoms with van der Waals surface area (Å²) >= 11 is 0. The molecule has 1 fully saturated rings. The van der Waals surface area contributed by atoms with Gasteiger partial charge in [0.1, 0.15) is 17.1 Å². The van der Waals surface area contributed by atoms with Crippen molar-refractivity contribution in [2.45, 2.75) is 20.0 Å². The maximum atomic E-state index is 13.1. The van der Waals surface area contributed by atoms with Crippen LogP contribution < -0.4 is 15.0 Å². The van der Waals surface area contributed by atoms with Crippen LogP contribution in [-0.4, -0.2) is 23.9 Å². The summed E-state index contributed by atoms with van der Waals surface area (Å²) in [7, 11) is 0. The van der Waals surface area contributed by atoms with Gasteiger partial charge in [-0.2, -0.15) is 0 Å². The summed E-state index contributed by atoms with van der Waals surface area (Å²) in [6.45, 7) is 3.81. The number of benzene rings is 2. The predicted molar refractivity (Wildman–Crippen MR) is 97.6 cm³/mol. The Morgan fingerprint density at radius 3 is 2.22 bits per heavy atom. The zero-order chi connectivity index (χ0) is 19.6. The molecule has 0 atom stereocenters. The second-order valence-corrected chi connectivity index (χ2v) is 6.17. The summed E-state index contributed by atoms with van der Waals surface area (Å²) in [6, 6.07) is 10.8. The highest BCUT2D eigenvalue weighted by molar-refractivity contribution is 6.39. The van der Waals surface area contributed by atoms with E-state index in [1.807, 2.05) is 13.8 Å². The molecule has 1 aliphatic heterocycles. The Hall–Kier alpha value is -3.48. The number of urea groups is 1. The van der Waals surface area contributed by atoms with Crippen LogP contribution in [-0.2, 0) is 9.59 Å². The molecule has 1 aliphatic rings. The van der Waals surface area contributed by atoms with Crippen molar-refractivity contribution in [3.05, 3.63) is 65.5 Å². The lowest BCUT2D eigenvalue weighted by Crippen LogP contribution is -2.54. The fourth-order valence-electron chi connectivity index (χ4n) is 2.56. The molecule has 0 spiro atoms. The smallest absolute Gasteiger partial charge is 0.335 e. The molecule has 4 amide bonds. The lowest BCUT2D eigenvalue weighted by Gasteiger charge is -2.26. The van der Waals surface area contributed by atoms with Gasteiger partial charge < -0.3 is 4.74 Å². The van der Waals surface area contributed by atoms with Gasteiger partial charge in [0.25, 0.3) is 11.8 Å². The molecule has 2 aromatic carbocycles. The monoisotopic (exact) mass is 368 g/mol. The third-order valence-electron chi connectivity index (χ3n) is 3.75. The van der Waals surface area contributed by atoms with Crippen LogP contribution in [0.15, 0.2) is 54.1 Å². The first-order valence-electron chi connectivity index (χ1n) is 8.29. The molecule has 1 N–H and O–H groups in total. The van der Waals surface area contributed by atoms with Gasteiger partial charge in [-0.3, -0.25) is 14.9 Å². The van der Waals surface area contributed by atoms with Crippen molar-refractivity contribution in [2.24, 2.45) is 0 Å². The number of carbonyl (C=O) groups is 3. The molecule has 0 unspecified atom stereocenters. The number of carbonyl (C=O) groups excluding carboxylic acids is 3. The number of halogens is 1. The summed E-state index contributed by atoms with van der Waals surface area (Å²) in [5.74, 6) is -1.41. The minimum Gasteiger partial charge on any atom is -0.491 e. The fraction of sp³-hybridized carbons (Fsp3) is 0.150. The van der Waals surface area contributed by atoms with Crippen LogP contribution >= 0.6 is 0 Å². The first kappa shape index (κ1) is 18.3. The number of hydrogen-bond donors (Lipinski definition) is 1. The minimum absolute atomic E-state index is 0.0233. The van der Waals surface area contributed by atoms with Gasteiger partial charge in [0, 0.05) is 0 Å². The average Bonchev–Trinajstić information content (AvgIpc) is 2.61. The molecule has 0 radical (unpaired) electrons. The van der Waals surface area contributed by atoms with Crippen LogP contribution in [0, 0.1) is 5.82 Å². The summed E-state index contributed by atoms with van der Waals surface area (Å²) < 4.78 is 18.7. The Kier molecular flexibility index (Phi) is 5.03. The van der Waals surface area contributed by atoms with Gasteiger partial charge in [-0.1, -0.05) is 12.1 Å². The van der Waals surface area contributed by atoms with Gasteiger partial charge >= 0.3 is 6.03 Å². The van der Waals surface area contributed by atoms with E-state index in [-0.39, 0.29) is 17.4 Å². The van der Waals surface area contributed by atoms with Crippen molar-refractivity contribution in [1.29, 1.82) is 0 Å². The van der Waals surface area contributed by atoms with Crippen LogP contribution in [0.25, 0.3) is 6.08 Å². The average molecular weight is 368 g/mol. The summed E-state index contributed by atoms with van der Waals surface area (Å²) in [5, 5.41) is 2.12. The van der Waals surface area contributed by atoms with Gasteiger partial charge in [0.05, 0.1) is 11.8 Å². The van der Waals surface area contributed by atoms with E-state index in [0.29, 0.717) is 11.3 Å². The molecule has 1 saturated heterocycles. The van der Waals surface area contributed by atoms with Gasteiger partial charge in [0.15, 0.2) is 0 Å². The first-order chi connectivity index (χ1) is 12.8. The normalized spacial score (nSPS) is 16.1. The van der Waals surface area contributed by atoms with E-state index in [0.717, 1.165) is 17.0 Å². The van der Waals surface area contributed by atoms with Crippen LogP contribution in [0.5, 0.6) is 5.75 Å². The number of nitrogens with zero attached hydrogens (tertiary/aromatic N) is 1. The number of barbiturate groups is 1. The molecule has 6 nitrogen and oxygen atoms in total. The predicted octanol–water partition coefficient (Wildman–Crippen LogP) is 3.28. The fourth-order valence-corrected chi connectivity index (χ4v) is 2.56. The lowest BCUT2D eigenvalue weighted by molar-refractivity contribution is -0.122. The zero-order valence-corrected chi connectivity index (χ0v) is 14.7. The number of hydrogen-bond acceptors (Lipinski definition) is 4. The first-order valence-corrected chi connectivity index (χ1v) is 8.29. The van der Waals surface area contributed by atoms with Crippen molar-refractivity contribution in [1.82, 2.24) is 5.32 Å². The van der Waals surface area contributed by atoms with Gasteiger partial charge in [-0.25, -0.2) is 14.1 Å². The van der Waals surface area contributed by atoms with Gasteiger partial charge in [0.2, 0.25) is 0 Å². The van der Waals surface area contributed by atoms with E-state index >= 15 is 0 Å². The molecular weight excluding hydrogens is 351 g/mol. The van der Waals surface area contributed by atoms with Crippen LogP contribution in [0.3, 0.4) is 0 Å². The minimum atomic E-state index is -0.880. The maximum Gasteiger partial charge on any atom is 0.335 e. The Morgan fingerprint density at radius 1 is 1.00 bits per heavy atom. The number of imide groups is 2. The second-order valence-electron chi connectivity index (χ2n) is 6.17. The molecule has 0 aliphatic carbocycles. The van der Waals surface area contributed by atoms with Crippen molar-refractivity contribution in [3.63, 3.8) is 0 Å². The van der Waals surface area contributed by atoms with Crippen LogP contribution in [0.2, 0.25) is 0 Å². The lowest BCUT2D eigenvalue weighted by atomic mass is 10.1. The summed E-state index contributed by atoms with van der Waals surface area (Å²) in [6.07, 6.45) is 1.41. The van der Waals surface area contributed by atoms with Crippen molar-refractivity contribution >= 4 is 29.6 Å². The van der Waals surface area contributed by atoms with E-state index in [4.69, 9.17) is 4.74 Å². The number of ether oxygens (including phenoxy) is 1. The van der Waals surface area contributed by atoms with Gasteiger partial charge in [-0.15, -0.1) is 0 Å².